The third kappa shape index (κ3) is 2.43. The normalized spacial score (nSPS) is 36.5. The molecule has 116 valence electrons. The standard InChI is InChI=1S/C16H31N3O/c1-14(2,13(17)19-20)8-9-18-12-15(3,4)11-6-7-16(12,5)10-11/h11-12,18,20H,6-10H2,1-5H3,(H2,17,19). The van der Waals surface area contributed by atoms with Crippen molar-refractivity contribution in [2.24, 2.45) is 33.1 Å². The molecule has 0 spiro atoms. The number of rotatable bonds is 5. The lowest BCUT2D eigenvalue weighted by Crippen LogP contribution is -2.51. The van der Waals surface area contributed by atoms with Crippen LogP contribution in [0.15, 0.2) is 5.16 Å². The lowest BCUT2D eigenvalue weighted by Gasteiger charge is -2.43. The van der Waals surface area contributed by atoms with Gasteiger partial charge in [0.2, 0.25) is 0 Å². The minimum Gasteiger partial charge on any atom is -0.409 e. The maximum atomic E-state index is 8.83. The van der Waals surface area contributed by atoms with Gasteiger partial charge in [0, 0.05) is 11.5 Å². The number of amidine groups is 1. The van der Waals surface area contributed by atoms with Crippen molar-refractivity contribution in [3.05, 3.63) is 0 Å². The quantitative estimate of drug-likeness (QED) is 0.314. The highest BCUT2D eigenvalue weighted by molar-refractivity contribution is 5.85. The SMILES string of the molecule is CC(C)(CCNC1C2(C)CCC(C2)C1(C)C)C(N)=NO. The van der Waals surface area contributed by atoms with Crippen LogP contribution in [-0.2, 0) is 0 Å². The first-order chi connectivity index (χ1) is 9.13. The van der Waals surface area contributed by atoms with E-state index in [0.717, 1.165) is 18.9 Å². The summed E-state index contributed by atoms with van der Waals surface area (Å²) in [5.41, 5.74) is 6.33. The van der Waals surface area contributed by atoms with Crippen LogP contribution in [0.25, 0.3) is 0 Å². The molecular weight excluding hydrogens is 250 g/mol. The predicted molar refractivity (Wildman–Crippen MR) is 82.8 cm³/mol. The molecule has 4 nitrogen and oxygen atoms in total. The molecule has 4 heteroatoms. The van der Waals surface area contributed by atoms with Gasteiger partial charge in [-0.1, -0.05) is 39.8 Å². The Hall–Kier alpha value is -0.770. The summed E-state index contributed by atoms with van der Waals surface area (Å²) in [6, 6.07) is 0.580. The Morgan fingerprint density at radius 2 is 2.05 bits per heavy atom. The molecule has 2 fully saturated rings. The number of fused-ring (bicyclic) bond motifs is 2. The zero-order valence-electron chi connectivity index (χ0n) is 13.7. The second-order valence-electron chi connectivity index (χ2n) is 8.42. The lowest BCUT2D eigenvalue weighted by atomic mass is 9.68. The van der Waals surface area contributed by atoms with Gasteiger partial charge in [0.1, 0.15) is 5.84 Å². The average molecular weight is 281 g/mol. The maximum Gasteiger partial charge on any atom is 0.144 e. The molecule has 2 bridgehead atoms. The summed E-state index contributed by atoms with van der Waals surface area (Å²) in [5, 5.41) is 15.8. The molecule has 3 atom stereocenters. The highest BCUT2D eigenvalue weighted by atomic mass is 16.4. The minimum absolute atomic E-state index is 0.260. The van der Waals surface area contributed by atoms with Gasteiger partial charge in [-0.25, -0.2) is 0 Å². The lowest BCUT2D eigenvalue weighted by molar-refractivity contribution is 0.107. The summed E-state index contributed by atoms with van der Waals surface area (Å²) in [6.45, 7) is 12.2. The fraction of sp³-hybridized carbons (Fsp3) is 0.938. The Kier molecular flexibility index (Phi) is 3.83. The fourth-order valence-electron chi connectivity index (χ4n) is 4.60. The Balaban J connectivity index is 1.95. The average Bonchev–Trinajstić information content (AvgIpc) is 2.83. The van der Waals surface area contributed by atoms with Crippen LogP contribution in [0.5, 0.6) is 0 Å². The van der Waals surface area contributed by atoms with Crippen LogP contribution in [0.2, 0.25) is 0 Å². The molecular formula is C16H31N3O. The Morgan fingerprint density at radius 1 is 1.40 bits per heavy atom. The van der Waals surface area contributed by atoms with Gasteiger partial charge in [0.25, 0.3) is 0 Å². The van der Waals surface area contributed by atoms with E-state index in [1.807, 2.05) is 13.8 Å². The summed E-state index contributed by atoms with van der Waals surface area (Å²) in [7, 11) is 0. The summed E-state index contributed by atoms with van der Waals surface area (Å²) in [5.74, 6) is 1.18. The van der Waals surface area contributed by atoms with E-state index in [9.17, 15) is 0 Å². The van der Waals surface area contributed by atoms with E-state index in [2.05, 4.69) is 31.2 Å². The van der Waals surface area contributed by atoms with Gasteiger partial charge in [-0.2, -0.15) is 0 Å². The molecule has 0 saturated heterocycles. The van der Waals surface area contributed by atoms with Crippen LogP contribution >= 0.6 is 0 Å². The molecule has 3 unspecified atom stereocenters. The number of hydrogen-bond acceptors (Lipinski definition) is 3. The van der Waals surface area contributed by atoms with E-state index in [1.54, 1.807) is 0 Å². The smallest absolute Gasteiger partial charge is 0.144 e. The Morgan fingerprint density at radius 3 is 2.55 bits per heavy atom. The van der Waals surface area contributed by atoms with Crippen LogP contribution in [0.4, 0.5) is 0 Å². The molecule has 2 saturated carbocycles. The van der Waals surface area contributed by atoms with E-state index in [1.165, 1.54) is 19.3 Å². The highest BCUT2D eigenvalue weighted by Crippen LogP contribution is 2.62. The number of oxime groups is 1. The predicted octanol–water partition coefficient (Wildman–Crippen LogP) is 2.95. The van der Waals surface area contributed by atoms with Crippen molar-refractivity contribution in [2.75, 3.05) is 6.54 Å². The van der Waals surface area contributed by atoms with E-state index < -0.39 is 0 Å². The van der Waals surface area contributed by atoms with Gasteiger partial charge >= 0.3 is 0 Å². The summed E-state index contributed by atoms with van der Waals surface area (Å²) in [4.78, 5) is 0. The first-order valence-corrected chi connectivity index (χ1v) is 7.85. The van der Waals surface area contributed by atoms with Crippen molar-refractivity contribution in [3.8, 4) is 0 Å². The van der Waals surface area contributed by atoms with E-state index in [0.29, 0.717) is 22.7 Å². The van der Waals surface area contributed by atoms with Crippen molar-refractivity contribution in [3.63, 3.8) is 0 Å². The summed E-state index contributed by atoms with van der Waals surface area (Å²) < 4.78 is 0. The van der Waals surface area contributed by atoms with Crippen LogP contribution in [0, 0.1) is 22.2 Å². The van der Waals surface area contributed by atoms with Gasteiger partial charge in [-0.05, 0) is 49.0 Å². The molecule has 2 rings (SSSR count). The molecule has 0 aromatic rings. The number of hydrogen-bond donors (Lipinski definition) is 3. The number of nitrogens with two attached hydrogens (primary N) is 1. The van der Waals surface area contributed by atoms with Gasteiger partial charge in [-0.15, -0.1) is 0 Å². The molecule has 0 radical (unpaired) electrons. The van der Waals surface area contributed by atoms with Gasteiger partial charge in [0.05, 0.1) is 0 Å². The van der Waals surface area contributed by atoms with Crippen molar-refractivity contribution in [2.45, 2.75) is 66.3 Å². The largest absolute Gasteiger partial charge is 0.409 e. The molecule has 2 aliphatic carbocycles. The minimum atomic E-state index is -0.260. The fourth-order valence-corrected chi connectivity index (χ4v) is 4.60. The molecule has 0 aromatic heterocycles. The Bertz CT molecular complexity index is 398. The topological polar surface area (TPSA) is 70.6 Å². The first-order valence-electron chi connectivity index (χ1n) is 7.85. The maximum absolute atomic E-state index is 8.83. The van der Waals surface area contributed by atoms with Crippen molar-refractivity contribution < 1.29 is 5.21 Å². The zero-order chi connectivity index (χ0) is 15.2. The van der Waals surface area contributed by atoms with Crippen LogP contribution in [0.1, 0.15) is 60.3 Å². The second-order valence-corrected chi connectivity index (χ2v) is 8.42. The van der Waals surface area contributed by atoms with E-state index >= 15 is 0 Å². The third-order valence-electron chi connectivity index (χ3n) is 6.17. The second kappa shape index (κ2) is 4.90. The molecule has 4 N–H and O–H groups in total. The van der Waals surface area contributed by atoms with Gasteiger partial charge in [-0.3, -0.25) is 0 Å². The molecule has 20 heavy (non-hydrogen) atoms. The molecule has 0 aromatic carbocycles. The number of nitrogens with zero attached hydrogens (tertiary/aromatic N) is 1. The van der Waals surface area contributed by atoms with E-state index in [-0.39, 0.29) is 5.41 Å². The summed E-state index contributed by atoms with van der Waals surface area (Å²) >= 11 is 0. The molecule has 0 aliphatic heterocycles. The molecule has 0 amide bonds. The van der Waals surface area contributed by atoms with Crippen molar-refractivity contribution in [1.82, 2.24) is 5.32 Å². The molecule has 0 heterocycles. The Labute approximate surface area is 123 Å². The summed E-state index contributed by atoms with van der Waals surface area (Å²) in [6.07, 6.45) is 4.98. The van der Waals surface area contributed by atoms with Crippen LogP contribution in [-0.4, -0.2) is 23.6 Å². The van der Waals surface area contributed by atoms with Crippen molar-refractivity contribution >= 4 is 5.84 Å². The first kappa shape index (κ1) is 15.6. The zero-order valence-corrected chi connectivity index (χ0v) is 13.7. The van der Waals surface area contributed by atoms with Crippen LogP contribution in [0.3, 0.4) is 0 Å². The van der Waals surface area contributed by atoms with Crippen LogP contribution < -0.4 is 11.1 Å². The van der Waals surface area contributed by atoms with Crippen molar-refractivity contribution in [1.29, 1.82) is 0 Å². The third-order valence-corrected chi connectivity index (χ3v) is 6.17. The highest BCUT2D eigenvalue weighted by Gasteiger charge is 2.58. The monoisotopic (exact) mass is 281 g/mol. The van der Waals surface area contributed by atoms with E-state index in [4.69, 9.17) is 10.9 Å². The van der Waals surface area contributed by atoms with Gasteiger partial charge < -0.3 is 16.3 Å². The number of nitrogens with one attached hydrogen (secondary N) is 1. The molecule has 2 aliphatic rings. The van der Waals surface area contributed by atoms with Gasteiger partial charge in [0.15, 0.2) is 0 Å².